The predicted octanol–water partition coefficient (Wildman–Crippen LogP) is 1.11. The zero-order valence-corrected chi connectivity index (χ0v) is 15.8. The average Bonchev–Trinajstić information content (AvgIpc) is 3.13. The molecule has 1 aromatic carbocycles. The van der Waals surface area contributed by atoms with Gasteiger partial charge in [-0.1, -0.05) is 12.1 Å². The number of carbonyl (C=O) groups is 1. The number of aromatic hydroxyl groups is 1. The number of carbonyl (C=O) groups excluding carboxylic acids is 1. The van der Waals surface area contributed by atoms with Gasteiger partial charge in [0.1, 0.15) is 5.75 Å². The van der Waals surface area contributed by atoms with Gasteiger partial charge in [0.05, 0.1) is 25.8 Å². The Labute approximate surface area is 160 Å². The number of benzene rings is 1. The van der Waals surface area contributed by atoms with Crippen LogP contribution in [0.3, 0.4) is 0 Å². The van der Waals surface area contributed by atoms with Crippen molar-refractivity contribution in [1.29, 1.82) is 0 Å². The molecule has 6 nitrogen and oxygen atoms in total. The molecule has 1 N–H and O–H groups in total. The largest absolute Gasteiger partial charge is 0.508 e. The van der Waals surface area contributed by atoms with Gasteiger partial charge in [-0.25, -0.2) is 0 Å². The fourth-order valence-corrected chi connectivity index (χ4v) is 5.79. The molecule has 6 heteroatoms. The minimum Gasteiger partial charge on any atom is -0.508 e. The molecule has 27 heavy (non-hydrogen) atoms. The van der Waals surface area contributed by atoms with Crippen LogP contribution in [0.15, 0.2) is 24.3 Å². The Hall–Kier alpha value is -1.63. The highest BCUT2D eigenvalue weighted by molar-refractivity contribution is 5.79. The van der Waals surface area contributed by atoms with Crippen LogP contribution in [0.5, 0.6) is 5.75 Å². The van der Waals surface area contributed by atoms with Crippen LogP contribution in [0.4, 0.5) is 0 Å². The van der Waals surface area contributed by atoms with E-state index < -0.39 is 0 Å². The maximum absolute atomic E-state index is 13.3. The number of rotatable bonds is 3. The third kappa shape index (κ3) is 3.13. The van der Waals surface area contributed by atoms with E-state index >= 15 is 0 Å². The summed E-state index contributed by atoms with van der Waals surface area (Å²) in [5, 5.41) is 9.98. The van der Waals surface area contributed by atoms with Gasteiger partial charge in [-0.2, -0.15) is 0 Å². The molecule has 5 fully saturated rings. The second-order valence-electron chi connectivity index (χ2n) is 8.49. The van der Waals surface area contributed by atoms with E-state index in [1.165, 1.54) is 18.4 Å². The van der Waals surface area contributed by atoms with Crippen LogP contribution < -0.4 is 0 Å². The number of hydrogen-bond donors (Lipinski definition) is 1. The summed E-state index contributed by atoms with van der Waals surface area (Å²) in [6, 6.07) is 8.38. The van der Waals surface area contributed by atoms with Gasteiger partial charge in [-0.3, -0.25) is 14.6 Å². The fourth-order valence-electron chi connectivity index (χ4n) is 5.79. The third-order valence-corrected chi connectivity index (χ3v) is 7.08. The van der Waals surface area contributed by atoms with Crippen molar-refractivity contribution in [1.82, 2.24) is 14.7 Å². The van der Waals surface area contributed by atoms with Gasteiger partial charge in [-0.05, 0) is 49.5 Å². The van der Waals surface area contributed by atoms with Gasteiger partial charge >= 0.3 is 0 Å². The van der Waals surface area contributed by atoms with Gasteiger partial charge in [-0.15, -0.1) is 0 Å². The highest BCUT2D eigenvalue weighted by atomic mass is 16.5. The van der Waals surface area contributed by atoms with E-state index in [1.54, 1.807) is 6.07 Å². The zero-order chi connectivity index (χ0) is 18.4. The van der Waals surface area contributed by atoms with E-state index in [9.17, 15) is 9.90 Å². The topological polar surface area (TPSA) is 56.3 Å². The molecule has 0 spiro atoms. The van der Waals surface area contributed by atoms with Crippen LogP contribution in [0, 0.1) is 5.92 Å². The molecule has 0 saturated carbocycles. The van der Waals surface area contributed by atoms with Crippen LogP contribution in [0.1, 0.15) is 24.3 Å². The highest BCUT2D eigenvalue weighted by Crippen LogP contribution is 2.46. The van der Waals surface area contributed by atoms with Crippen molar-refractivity contribution in [2.75, 3.05) is 52.5 Å². The molecule has 0 unspecified atom stereocenters. The summed E-state index contributed by atoms with van der Waals surface area (Å²) in [7, 11) is 0. The summed E-state index contributed by atoms with van der Waals surface area (Å²) in [6.45, 7) is 6.71. The Kier molecular flexibility index (Phi) is 4.58. The smallest absolute Gasteiger partial charge is 0.237 e. The Bertz CT molecular complexity index is 698. The van der Waals surface area contributed by atoms with Gasteiger partial charge < -0.3 is 14.7 Å². The summed E-state index contributed by atoms with van der Waals surface area (Å²) in [4.78, 5) is 20.3. The van der Waals surface area contributed by atoms with Gasteiger partial charge in [0.25, 0.3) is 0 Å². The number of morpholine rings is 1. The number of likely N-dealkylation sites (tertiary alicyclic amines) is 1. The molecule has 5 aliphatic heterocycles. The lowest BCUT2D eigenvalue weighted by atomic mass is 9.75. The summed E-state index contributed by atoms with van der Waals surface area (Å²) >= 11 is 0. The van der Waals surface area contributed by atoms with Gasteiger partial charge in [0.2, 0.25) is 5.91 Å². The number of piperidine rings is 3. The monoisotopic (exact) mass is 371 g/mol. The van der Waals surface area contributed by atoms with Crippen LogP contribution >= 0.6 is 0 Å². The highest BCUT2D eigenvalue weighted by Gasteiger charge is 2.54. The Balaban J connectivity index is 1.41. The lowest BCUT2D eigenvalue weighted by Gasteiger charge is -2.51. The first-order valence-electron chi connectivity index (χ1n) is 10.3. The van der Waals surface area contributed by atoms with Crippen molar-refractivity contribution in [2.24, 2.45) is 5.92 Å². The van der Waals surface area contributed by atoms with E-state index in [4.69, 9.17) is 4.74 Å². The molecular formula is C21H29N3O3. The van der Waals surface area contributed by atoms with Crippen LogP contribution in [0.2, 0.25) is 0 Å². The van der Waals surface area contributed by atoms with E-state index in [2.05, 4.69) is 20.8 Å². The van der Waals surface area contributed by atoms with Crippen LogP contribution in [-0.4, -0.2) is 90.3 Å². The maximum Gasteiger partial charge on any atom is 0.237 e. The van der Waals surface area contributed by atoms with E-state index in [1.807, 2.05) is 12.1 Å². The Morgan fingerprint density at radius 2 is 1.89 bits per heavy atom. The molecule has 5 saturated heterocycles. The molecule has 0 aromatic heterocycles. The number of hydrogen-bond acceptors (Lipinski definition) is 5. The number of amides is 1. The second kappa shape index (κ2) is 7.08. The molecule has 5 heterocycles. The third-order valence-electron chi connectivity index (χ3n) is 7.08. The zero-order valence-electron chi connectivity index (χ0n) is 15.8. The van der Waals surface area contributed by atoms with Gasteiger partial charge in [0, 0.05) is 31.6 Å². The summed E-state index contributed by atoms with van der Waals surface area (Å²) in [5.41, 5.74) is 1.17. The molecular weight excluding hydrogens is 342 g/mol. The number of phenolic OH excluding ortho intramolecular Hbond substituents is 1. The first-order chi connectivity index (χ1) is 13.2. The number of fused-ring (bicyclic) bond motifs is 2. The maximum atomic E-state index is 13.3. The quantitative estimate of drug-likeness (QED) is 0.863. The van der Waals surface area contributed by atoms with E-state index in [0.717, 1.165) is 45.9 Å². The van der Waals surface area contributed by atoms with Crippen molar-refractivity contribution >= 4 is 5.91 Å². The molecule has 3 atom stereocenters. The van der Waals surface area contributed by atoms with Crippen LogP contribution in [0.25, 0.3) is 0 Å². The molecule has 6 rings (SSSR count). The fraction of sp³-hybridized carbons (Fsp3) is 0.667. The second-order valence-corrected chi connectivity index (χ2v) is 8.49. The number of phenols is 1. The lowest BCUT2D eigenvalue weighted by Crippen LogP contribution is -2.61. The minimum atomic E-state index is 0.267. The van der Waals surface area contributed by atoms with Crippen LogP contribution in [-0.2, 0) is 9.53 Å². The SMILES string of the molecule is O=C(CN1CCOCC1)N1C[C@@H](c2cccc(O)c2)[C@@H]2[C@H]1C1CCN2CC1. The molecule has 0 aliphatic carbocycles. The molecule has 146 valence electrons. The molecule has 2 bridgehead atoms. The molecule has 0 radical (unpaired) electrons. The van der Waals surface area contributed by atoms with E-state index in [0.29, 0.717) is 36.2 Å². The average molecular weight is 371 g/mol. The predicted molar refractivity (Wildman–Crippen MR) is 102 cm³/mol. The van der Waals surface area contributed by atoms with Crippen molar-refractivity contribution in [3.63, 3.8) is 0 Å². The van der Waals surface area contributed by atoms with Crippen molar-refractivity contribution in [2.45, 2.75) is 30.8 Å². The summed E-state index contributed by atoms with van der Waals surface area (Å²) in [6.07, 6.45) is 2.41. The first-order valence-corrected chi connectivity index (χ1v) is 10.3. The van der Waals surface area contributed by atoms with Gasteiger partial charge in [0.15, 0.2) is 0 Å². The summed E-state index contributed by atoms with van der Waals surface area (Å²) in [5.74, 6) is 1.50. The van der Waals surface area contributed by atoms with Crippen molar-refractivity contribution in [3.05, 3.63) is 29.8 Å². The Morgan fingerprint density at radius 1 is 1.11 bits per heavy atom. The number of ether oxygens (including phenoxy) is 1. The number of nitrogens with zero attached hydrogens (tertiary/aromatic N) is 3. The molecule has 1 amide bonds. The lowest BCUT2D eigenvalue weighted by molar-refractivity contribution is -0.138. The molecule has 5 aliphatic rings. The minimum absolute atomic E-state index is 0.267. The van der Waals surface area contributed by atoms with Crippen molar-refractivity contribution < 1.29 is 14.6 Å². The van der Waals surface area contributed by atoms with Crippen molar-refractivity contribution in [3.8, 4) is 5.75 Å². The normalized spacial score (nSPS) is 36.0. The summed E-state index contributed by atoms with van der Waals surface area (Å²) < 4.78 is 5.42. The van der Waals surface area contributed by atoms with E-state index in [-0.39, 0.29) is 5.91 Å². The standard InChI is InChI=1S/C21H29N3O3/c25-17-3-1-2-16(12-17)18-13-24(19(26)14-22-8-10-27-11-9-22)20-15-4-6-23(7-5-15)21(18)20/h1-3,12,15,18,20-21,25H,4-11,13-14H2/t18-,20+,21+/m0/s1. The Morgan fingerprint density at radius 3 is 2.63 bits per heavy atom. The first kappa shape index (κ1) is 17.5. The molecule has 1 aromatic rings.